The van der Waals surface area contributed by atoms with E-state index in [2.05, 4.69) is 13.8 Å². The first-order chi connectivity index (χ1) is 11.3. The highest BCUT2D eigenvalue weighted by atomic mass is 32.1. The second-order valence-electron chi connectivity index (χ2n) is 6.55. The fourth-order valence-electron chi connectivity index (χ4n) is 2.97. The van der Waals surface area contributed by atoms with Crippen LogP contribution in [0, 0.1) is 5.92 Å². The minimum atomic E-state index is 0.0315. The number of unbranched alkanes of at least 4 members (excludes halogenated alkanes) is 4. The van der Waals surface area contributed by atoms with Gasteiger partial charge in [-0.3, -0.25) is 0 Å². The molecule has 0 fully saturated rings. The topological polar surface area (TPSA) is 27.7 Å². The molecule has 1 aromatic heterocycles. The van der Waals surface area contributed by atoms with Gasteiger partial charge in [0.05, 0.1) is 6.61 Å². The molecule has 2 atom stereocenters. The Hall–Kier alpha value is -0.740. The molecule has 0 saturated heterocycles. The van der Waals surface area contributed by atoms with Crippen molar-refractivity contribution in [3.05, 3.63) is 10.8 Å². The summed E-state index contributed by atoms with van der Waals surface area (Å²) in [6.07, 6.45) is 10.6. The normalized spacial score (nSPS) is 18.1. The summed E-state index contributed by atoms with van der Waals surface area (Å²) in [6, 6.07) is 0. The van der Waals surface area contributed by atoms with Crippen molar-refractivity contribution >= 4 is 11.3 Å². The van der Waals surface area contributed by atoms with Crippen LogP contribution in [0.15, 0.2) is 10.8 Å². The van der Waals surface area contributed by atoms with E-state index in [1.807, 2.05) is 10.8 Å². The van der Waals surface area contributed by atoms with Crippen LogP contribution in [-0.2, 0) is 4.74 Å². The first kappa shape index (κ1) is 18.6. The lowest BCUT2D eigenvalue weighted by atomic mass is 9.96. The molecule has 1 aliphatic rings. The maximum atomic E-state index is 5.98. The molecule has 0 N–H and O–H groups in total. The van der Waals surface area contributed by atoms with Crippen molar-refractivity contribution in [2.24, 2.45) is 5.92 Å². The predicted octanol–water partition coefficient (Wildman–Crippen LogP) is 5.68. The summed E-state index contributed by atoms with van der Waals surface area (Å²) in [5.74, 6) is 2.45. The third-order valence-electron chi connectivity index (χ3n) is 4.40. The average molecular weight is 341 g/mol. The molecule has 3 nitrogen and oxygen atoms in total. The van der Waals surface area contributed by atoms with Gasteiger partial charge in [-0.15, -0.1) is 11.3 Å². The van der Waals surface area contributed by atoms with Gasteiger partial charge in [0.15, 0.2) is 17.6 Å². The molecule has 1 aliphatic heterocycles. The summed E-state index contributed by atoms with van der Waals surface area (Å²) in [4.78, 5) is 0. The van der Waals surface area contributed by atoms with Gasteiger partial charge in [0.1, 0.15) is 6.61 Å². The first-order valence-electron chi connectivity index (χ1n) is 9.26. The molecule has 0 spiro atoms. The molecular weight excluding hydrogens is 308 g/mol. The van der Waals surface area contributed by atoms with Gasteiger partial charge >= 0.3 is 0 Å². The largest absolute Gasteiger partial charge is 0.485 e. The molecule has 2 unspecified atom stereocenters. The Kier molecular flexibility index (Phi) is 8.83. The van der Waals surface area contributed by atoms with Crippen LogP contribution in [0.25, 0.3) is 0 Å². The summed E-state index contributed by atoms with van der Waals surface area (Å²) < 4.78 is 17.6. The van der Waals surface area contributed by atoms with E-state index in [-0.39, 0.29) is 6.10 Å². The van der Waals surface area contributed by atoms with Crippen molar-refractivity contribution in [3.63, 3.8) is 0 Å². The Morgan fingerprint density at radius 1 is 1.09 bits per heavy atom. The maximum Gasteiger partial charge on any atom is 0.172 e. The predicted molar refractivity (Wildman–Crippen MR) is 96.8 cm³/mol. The van der Waals surface area contributed by atoms with Gasteiger partial charge in [0.2, 0.25) is 0 Å². The lowest BCUT2D eigenvalue weighted by molar-refractivity contribution is -0.00347. The number of ether oxygens (including phenoxy) is 3. The molecule has 2 heterocycles. The van der Waals surface area contributed by atoms with Gasteiger partial charge in [-0.05, 0) is 18.8 Å². The maximum absolute atomic E-state index is 5.98. The van der Waals surface area contributed by atoms with Crippen molar-refractivity contribution < 1.29 is 14.2 Å². The standard InChI is InChI=1S/C19H32O3S/c1-3-5-7-8-10-16(9-6-4-2)11-20-12-17-13-21-18-14-23-15-19(18)22-17/h14-17H,3-13H2,1-2H3. The van der Waals surface area contributed by atoms with E-state index in [0.29, 0.717) is 19.1 Å². The molecular formula is C19H32O3S. The van der Waals surface area contributed by atoms with Gasteiger partial charge in [0, 0.05) is 17.4 Å². The van der Waals surface area contributed by atoms with Gasteiger partial charge < -0.3 is 14.2 Å². The SMILES string of the molecule is CCCCCCC(CCCC)COCC1COc2cscc2O1. The van der Waals surface area contributed by atoms with E-state index >= 15 is 0 Å². The van der Waals surface area contributed by atoms with E-state index < -0.39 is 0 Å². The fraction of sp³-hybridized carbons (Fsp3) is 0.789. The van der Waals surface area contributed by atoms with Crippen LogP contribution in [0.3, 0.4) is 0 Å². The third kappa shape index (κ3) is 6.72. The highest BCUT2D eigenvalue weighted by Gasteiger charge is 2.22. The Morgan fingerprint density at radius 2 is 1.87 bits per heavy atom. The van der Waals surface area contributed by atoms with E-state index in [0.717, 1.165) is 18.1 Å². The van der Waals surface area contributed by atoms with Crippen LogP contribution in [0.2, 0.25) is 0 Å². The number of thiophene rings is 1. The molecule has 1 aromatic rings. The van der Waals surface area contributed by atoms with Gasteiger partial charge in [-0.2, -0.15) is 0 Å². The molecule has 0 saturated carbocycles. The van der Waals surface area contributed by atoms with E-state index in [9.17, 15) is 0 Å². The monoisotopic (exact) mass is 340 g/mol. The number of fused-ring (bicyclic) bond motifs is 1. The number of hydrogen-bond donors (Lipinski definition) is 0. The second-order valence-corrected chi connectivity index (χ2v) is 7.29. The Balaban J connectivity index is 1.64. The van der Waals surface area contributed by atoms with Crippen LogP contribution in [-0.4, -0.2) is 25.9 Å². The van der Waals surface area contributed by atoms with Gasteiger partial charge in [0.25, 0.3) is 0 Å². The van der Waals surface area contributed by atoms with E-state index in [1.165, 1.54) is 51.4 Å². The molecule has 0 aromatic carbocycles. The summed E-state index contributed by atoms with van der Waals surface area (Å²) in [7, 11) is 0. The smallest absolute Gasteiger partial charge is 0.172 e. The lowest BCUT2D eigenvalue weighted by Crippen LogP contribution is -2.33. The highest BCUT2D eigenvalue weighted by Crippen LogP contribution is 2.35. The van der Waals surface area contributed by atoms with Crippen molar-refractivity contribution in [2.75, 3.05) is 19.8 Å². The van der Waals surface area contributed by atoms with E-state index in [4.69, 9.17) is 14.2 Å². The second kappa shape index (κ2) is 10.9. The summed E-state index contributed by atoms with van der Waals surface area (Å²) in [5.41, 5.74) is 0. The quantitative estimate of drug-likeness (QED) is 0.458. The third-order valence-corrected chi connectivity index (χ3v) is 5.10. The Bertz CT molecular complexity index is 419. The van der Waals surface area contributed by atoms with Crippen LogP contribution in [0.5, 0.6) is 11.5 Å². The molecule has 0 amide bonds. The van der Waals surface area contributed by atoms with Crippen LogP contribution >= 0.6 is 11.3 Å². The van der Waals surface area contributed by atoms with Crippen molar-refractivity contribution in [3.8, 4) is 11.5 Å². The van der Waals surface area contributed by atoms with Crippen LogP contribution in [0.4, 0.5) is 0 Å². The fourth-order valence-corrected chi connectivity index (χ4v) is 3.64. The minimum Gasteiger partial charge on any atom is -0.485 e. The minimum absolute atomic E-state index is 0.0315. The van der Waals surface area contributed by atoms with Crippen LogP contribution in [0.1, 0.15) is 65.2 Å². The zero-order chi connectivity index (χ0) is 16.3. The van der Waals surface area contributed by atoms with Crippen LogP contribution < -0.4 is 9.47 Å². The molecule has 0 bridgehead atoms. The number of hydrogen-bond acceptors (Lipinski definition) is 4. The zero-order valence-corrected chi connectivity index (χ0v) is 15.5. The van der Waals surface area contributed by atoms with Gasteiger partial charge in [-0.25, -0.2) is 0 Å². The highest BCUT2D eigenvalue weighted by molar-refractivity contribution is 7.08. The molecule has 132 valence electrons. The van der Waals surface area contributed by atoms with Crippen molar-refractivity contribution in [1.82, 2.24) is 0 Å². The van der Waals surface area contributed by atoms with Crippen molar-refractivity contribution in [1.29, 1.82) is 0 Å². The molecule has 4 heteroatoms. The molecule has 0 aliphatic carbocycles. The summed E-state index contributed by atoms with van der Waals surface area (Å²) in [6.45, 7) is 6.62. The first-order valence-corrected chi connectivity index (χ1v) is 10.2. The zero-order valence-electron chi connectivity index (χ0n) is 14.7. The Morgan fingerprint density at radius 3 is 2.70 bits per heavy atom. The van der Waals surface area contributed by atoms with Gasteiger partial charge in [-0.1, -0.05) is 52.4 Å². The number of rotatable bonds is 12. The summed E-state index contributed by atoms with van der Waals surface area (Å²) in [5, 5.41) is 3.99. The molecule has 0 radical (unpaired) electrons. The molecule has 23 heavy (non-hydrogen) atoms. The summed E-state index contributed by atoms with van der Waals surface area (Å²) >= 11 is 1.62. The lowest BCUT2D eigenvalue weighted by Gasteiger charge is -2.25. The Labute approximate surface area is 145 Å². The average Bonchev–Trinajstić information content (AvgIpc) is 3.03. The molecule has 2 rings (SSSR count). The van der Waals surface area contributed by atoms with Crippen molar-refractivity contribution in [2.45, 2.75) is 71.3 Å². The van der Waals surface area contributed by atoms with E-state index in [1.54, 1.807) is 11.3 Å².